The number of amides is 1. The van der Waals surface area contributed by atoms with Crippen molar-refractivity contribution in [2.45, 2.75) is 19.4 Å². The first-order valence-corrected chi connectivity index (χ1v) is 8.70. The van der Waals surface area contributed by atoms with Gasteiger partial charge in [0.15, 0.2) is 0 Å². The zero-order chi connectivity index (χ0) is 15.2. The first-order valence-electron chi connectivity index (χ1n) is 7.12. The van der Waals surface area contributed by atoms with Crippen molar-refractivity contribution in [1.29, 1.82) is 0 Å². The number of ether oxygens (including phenoxy) is 1. The second kappa shape index (κ2) is 8.27. The minimum Gasteiger partial charge on any atom is -0.378 e. The fraction of sp³-hybridized carbons (Fsp3) is 0.533. The Bertz CT molecular complexity index is 491. The predicted octanol–water partition coefficient (Wildman–Crippen LogP) is 3.11. The maximum atomic E-state index is 12.0. The van der Waals surface area contributed by atoms with Gasteiger partial charge in [0.1, 0.15) is 0 Å². The lowest BCUT2D eigenvalue weighted by Gasteiger charge is -2.27. The van der Waals surface area contributed by atoms with Crippen LogP contribution in [0.3, 0.4) is 0 Å². The van der Waals surface area contributed by atoms with E-state index in [1.165, 1.54) is 5.56 Å². The molecule has 0 saturated carbocycles. The Hall–Kier alpha value is -0.430. The lowest BCUT2D eigenvalue weighted by molar-refractivity contribution is -0.135. The summed E-state index contributed by atoms with van der Waals surface area (Å²) in [7, 11) is 0. The van der Waals surface area contributed by atoms with E-state index in [4.69, 9.17) is 4.74 Å². The van der Waals surface area contributed by atoms with Gasteiger partial charge in [-0.15, -0.1) is 0 Å². The van der Waals surface area contributed by atoms with Crippen molar-refractivity contribution >= 4 is 37.8 Å². The van der Waals surface area contributed by atoms with E-state index < -0.39 is 0 Å². The first-order chi connectivity index (χ1) is 10.1. The van der Waals surface area contributed by atoms with Gasteiger partial charge < -0.3 is 15.0 Å². The van der Waals surface area contributed by atoms with E-state index in [0.29, 0.717) is 39.3 Å². The molecule has 0 spiro atoms. The van der Waals surface area contributed by atoms with E-state index in [-0.39, 0.29) is 11.9 Å². The molecule has 1 aliphatic heterocycles. The van der Waals surface area contributed by atoms with Crippen LogP contribution in [0.5, 0.6) is 0 Å². The molecule has 1 aliphatic rings. The van der Waals surface area contributed by atoms with Crippen LogP contribution >= 0.6 is 31.9 Å². The quantitative estimate of drug-likeness (QED) is 0.797. The number of nitrogens with zero attached hydrogens (tertiary/aromatic N) is 1. The number of nitrogens with one attached hydrogen (secondary N) is 1. The van der Waals surface area contributed by atoms with Crippen LogP contribution in [0, 0.1) is 0 Å². The Morgan fingerprint density at radius 1 is 1.38 bits per heavy atom. The Morgan fingerprint density at radius 3 is 2.76 bits per heavy atom. The third-order valence-corrected chi connectivity index (χ3v) is 4.76. The van der Waals surface area contributed by atoms with Gasteiger partial charge in [0.05, 0.1) is 13.2 Å². The number of carbonyl (C=O) groups is 1. The zero-order valence-electron chi connectivity index (χ0n) is 12.1. The van der Waals surface area contributed by atoms with Gasteiger partial charge >= 0.3 is 0 Å². The van der Waals surface area contributed by atoms with Crippen molar-refractivity contribution in [3.8, 4) is 0 Å². The smallest absolute Gasteiger partial charge is 0.224 e. The standard InChI is InChI=1S/C15H20Br2N2O2/c1-11(13-3-2-12(16)10-14(13)17)18-5-4-15(20)19-6-8-21-9-7-19/h2-3,10-11,18H,4-9H2,1H3. The lowest BCUT2D eigenvalue weighted by Crippen LogP contribution is -2.41. The van der Waals surface area contributed by atoms with Crippen LogP contribution in [0.15, 0.2) is 27.1 Å². The number of hydrogen-bond acceptors (Lipinski definition) is 3. The van der Waals surface area contributed by atoms with E-state index in [0.717, 1.165) is 8.95 Å². The van der Waals surface area contributed by atoms with Gasteiger partial charge in [-0.3, -0.25) is 4.79 Å². The molecule has 1 saturated heterocycles. The number of carbonyl (C=O) groups excluding carboxylic acids is 1. The van der Waals surface area contributed by atoms with Crippen molar-refractivity contribution in [2.75, 3.05) is 32.8 Å². The van der Waals surface area contributed by atoms with Crippen LogP contribution in [0.25, 0.3) is 0 Å². The SMILES string of the molecule is CC(NCCC(=O)N1CCOCC1)c1ccc(Br)cc1Br. The van der Waals surface area contributed by atoms with Gasteiger partial charge in [-0.2, -0.15) is 0 Å². The van der Waals surface area contributed by atoms with Gasteiger partial charge in [-0.05, 0) is 24.6 Å². The third-order valence-electron chi connectivity index (χ3n) is 3.58. The fourth-order valence-electron chi connectivity index (χ4n) is 2.33. The molecule has 2 rings (SSSR count). The molecule has 4 nitrogen and oxygen atoms in total. The van der Waals surface area contributed by atoms with E-state index in [1.807, 2.05) is 17.0 Å². The molecule has 0 bridgehead atoms. The normalized spacial score (nSPS) is 16.8. The van der Waals surface area contributed by atoms with Crippen molar-refractivity contribution in [3.05, 3.63) is 32.7 Å². The molecule has 21 heavy (non-hydrogen) atoms. The molecular formula is C15H20Br2N2O2. The van der Waals surface area contributed by atoms with Crippen molar-refractivity contribution in [2.24, 2.45) is 0 Å². The minimum absolute atomic E-state index is 0.199. The summed E-state index contributed by atoms with van der Waals surface area (Å²) in [6.07, 6.45) is 0.526. The second-order valence-corrected chi connectivity index (χ2v) is 6.85. The number of halogens is 2. The third kappa shape index (κ3) is 5.06. The monoisotopic (exact) mass is 418 g/mol. The van der Waals surface area contributed by atoms with Gasteiger partial charge in [0.2, 0.25) is 5.91 Å². The first kappa shape index (κ1) is 16.9. The molecule has 6 heteroatoms. The van der Waals surface area contributed by atoms with Crippen molar-refractivity contribution in [3.63, 3.8) is 0 Å². The van der Waals surface area contributed by atoms with Crippen LogP contribution in [0.1, 0.15) is 24.9 Å². The molecular weight excluding hydrogens is 400 g/mol. The fourth-order valence-corrected chi connectivity index (χ4v) is 3.72. The molecule has 1 amide bonds. The summed E-state index contributed by atoms with van der Waals surface area (Å²) in [6.45, 7) is 5.52. The molecule has 116 valence electrons. The Kier molecular flexibility index (Phi) is 6.67. The molecule has 1 aromatic carbocycles. The van der Waals surface area contributed by atoms with Crippen molar-refractivity contribution < 1.29 is 9.53 Å². The molecule has 1 heterocycles. The highest BCUT2D eigenvalue weighted by Crippen LogP contribution is 2.26. The highest BCUT2D eigenvalue weighted by molar-refractivity contribution is 9.11. The molecule has 1 unspecified atom stereocenters. The summed E-state index contributed by atoms with van der Waals surface area (Å²) >= 11 is 7.02. The number of morpholine rings is 1. The summed E-state index contributed by atoms with van der Waals surface area (Å²) < 4.78 is 7.37. The van der Waals surface area contributed by atoms with Crippen LogP contribution in [-0.4, -0.2) is 43.7 Å². The molecule has 0 aliphatic carbocycles. The minimum atomic E-state index is 0.199. The summed E-state index contributed by atoms with van der Waals surface area (Å²) in [5, 5.41) is 3.41. The van der Waals surface area contributed by atoms with Gasteiger partial charge in [0.25, 0.3) is 0 Å². The van der Waals surface area contributed by atoms with Crippen LogP contribution in [0.2, 0.25) is 0 Å². The van der Waals surface area contributed by atoms with E-state index >= 15 is 0 Å². The number of rotatable bonds is 5. The lowest BCUT2D eigenvalue weighted by atomic mass is 10.1. The molecule has 0 radical (unpaired) electrons. The van der Waals surface area contributed by atoms with E-state index in [9.17, 15) is 4.79 Å². The average Bonchev–Trinajstić information content (AvgIpc) is 2.47. The van der Waals surface area contributed by atoms with Crippen LogP contribution < -0.4 is 5.32 Å². The summed E-state index contributed by atoms with van der Waals surface area (Å²) in [6, 6.07) is 6.34. The van der Waals surface area contributed by atoms with Gasteiger partial charge in [-0.25, -0.2) is 0 Å². The maximum absolute atomic E-state index is 12.0. The number of hydrogen-bond donors (Lipinski definition) is 1. The Labute approximate surface area is 142 Å². The molecule has 1 atom stereocenters. The molecule has 1 N–H and O–H groups in total. The number of benzene rings is 1. The average molecular weight is 420 g/mol. The summed E-state index contributed by atoms with van der Waals surface area (Å²) in [4.78, 5) is 13.9. The van der Waals surface area contributed by atoms with Gasteiger partial charge in [0, 0.05) is 41.0 Å². The maximum Gasteiger partial charge on any atom is 0.224 e. The predicted molar refractivity (Wildman–Crippen MR) is 90.3 cm³/mol. The zero-order valence-corrected chi connectivity index (χ0v) is 15.2. The summed E-state index contributed by atoms with van der Waals surface area (Å²) in [5.41, 5.74) is 1.19. The Balaban J connectivity index is 1.78. The molecule has 1 fully saturated rings. The molecule has 1 aromatic rings. The van der Waals surface area contributed by atoms with E-state index in [2.05, 4.69) is 50.2 Å². The van der Waals surface area contributed by atoms with E-state index in [1.54, 1.807) is 0 Å². The van der Waals surface area contributed by atoms with Crippen LogP contribution in [0.4, 0.5) is 0 Å². The van der Waals surface area contributed by atoms with Crippen LogP contribution in [-0.2, 0) is 9.53 Å². The molecule has 0 aromatic heterocycles. The highest BCUT2D eigenvalue weighted by Gasteiger charge is 2.17. The van der Waals surface area contributed by atoms with Crippen molar-refractivity contribution in [1.82, 2.24) is 10.2 Å². The second-order valence-electron chi connectivity index (χ2n) is 5.08. The largest absolute Gasteiger partial charge is 0.378 e. The summed E-state index contributed by atoms with van der Waals surface area (Å²) in [5.74, 6) is 0.202. The topological polar surface area (TPSA) is 41.6 Å². The highest BCUT2D eigenvalue weighted by atomic mass is 79.9. The Morgan fingerprint density at radius 2 is 2.10 bits per heavy atom. The van der Waals surface area contributed by atoms with Gasteiger partial charge in [-0.1, -0.05) is 37.9 Å².